The van der Waals surface area contributed by atoms with Crippen molar-refractivity contribution in [3.05, 3.63) is 67.1 Å². The molecular weight excluding hydrogens is 440 g/mol. The number of aromatic nitrogens is 3. The molecule has 0 saturated carbocycles. The largest absolute Gasteiger partial charge is 0.378 e. The van der Waals surface area contributed by atoms with Crippen molar-refractivity contribution in [2.45, 2.75) is 0 Å². The SMILES string of the molecule is CS(=O)(=O)Nc1ccc(-c2cn3ccnc3c(Nc3ccc(N4CCOCC4)cc3)n2)cc1. The fourth-order valence-corrected chi connectivity index (χ4v) is 4.36. The van der Waals surface area contributed by atoms with Gasteiger partial charge in [0, 0.05) is 54.3 Å². The third-order valence-corrected chi connectivity index (χ3v) is 5.97. The lowest BCUT2D eigenvalue weighted by atomic mass is 10.1. The number of fused-ring (bicyclic) bond motifs is 1. The molecule has 3 heterocycles. The van der Waals surface area contributed by atoms with E-state index in [0.29, 0.717) is 17.2 Å². The Kier molecular flexibility index (Phi) is 5.61. The first-order chi connectivity index (χ1) is 15.9. The molecular formula is C23H24N6O3S. The van der Waals surface area contributed by atoms with Crippen LogP contribution in [-0.2, 0) is 14.8 Å². The lowest BCUT2D eigenvalue weighted by Gasteiger charge is -2.28. The molecule has 0 radical (unpaired) electrons. The minimum Gasteiger partial charge on any atom is -0.378 e. The molecule has 2 aromatic carbocycles. The van der Waals surface area contributed by atoms with Gasteiger partial charge in [-0.2, -0.15) is 0 Å². The molecule has 4 aromatic rings. The van der Waals surface area contributed by atoms with Gasteiger partial charge in [0.25, 0.3) is 0 Å². The molecule has 1 saturated heterocycles. The van der Waals surface area contributed by atoms with Gasteiger partial charge in [-0.05, 0) is 36.4 Å². The second-order valence-corrected chi connectivity index (χ2v) is 9.60. The average molecular weight is 465 g/mol. The molecule has 0 bridgehead atoms. The highest BCUT2D eigenvalue weighted by atomic mass is 32.2. The minimum absolute atomic E-state index is 0.503. The predicted molar refractivity (Wildman–Crippen MR) is 130 cm³/mol. The van der Waals surface area contributed by atoms with E-state index in [1.54, 1.807) is 18.3 Å². The Morgan fingerprint density at radius 3 is 2.36 bits per heavy atom. The zero-order valence-electron chi connectivity index (χ0n) is 18.1. The summed E-state index contributed by atoms with van der Waals surface area (Å²) in [6.07, 6.45) is 6.62. The van der Waals surface area contributed by atoms with Gasteiger partial charge >= 0.3 is 0 Å². The number of imidazole rings is 1. The van der Waals surface area contributed by atoms with E-state index in [-0.39, 0.29) is 0 Å². The van der Waals surface area contributed by atoms with Crippen molar-refractivity contribution >= 4 is 38.6 Å². The normalized spacial score (nSPS) is 14.4. The molecule has 1 aliphatic heterocycles. The van der Waals surface area contributed by atoms with Gasteiger partial charge in [0.05, 0.1) is 25.2 Å². The topological polar surface area (TPSA) is 101 Å². The highest BCUT2D eigenvalue weighted by Crippen LogP contribution is 2.27. The van der Waals surface area contributed by atoms with Gasteiger partial charge in [0.1, 0.15) is 0 Å². The lowest BCUT2D eigenvalue weighted by Crippen LogP contribution is -2.36. The zero-order chi connectivity index (χ0) is 22.8. The number of sulfonamides is 1. The van der Waals surface area contributed by atoms with Crippen molar-refractivity contribution in [3.8, 4) is 11.3 Å². The van der Waals surface area contributed by atoms with Gasteiger partial charge < -0.3 is 19.4 Å². The van der Waals surface area contributed by atoms with Crippen molar-refractivity contribution in [1.82, 2.24) is 14.4 Å². The van der Waals surface area contributed by atoms with Crippen LogP contribution in [0.5, 0.6) is 0 Å². The lowest BCUT2D eigenvalue weighted by molar-refractivity contribution is 0.122. The quantitative estimate of drug-likeness (QED) is 0.451. The fourth-order valence-electron chi connectivity index (χ4n) is 3.79. The van der Waals surface area contributed by atoms with E-state index in [2.05, 4.69) is 32.1 Å². The van der Waals surface area contributed by atoms with E-state index in [4.69, 9.17) is 9.72 Å². The molecule has 10 heteroatoms. The van der Waals surface area contributed by atoms with E-state index in [9.17, 15) is 8.42 Å². The van der Waals surface area contributed by atoms with Crippen LogP contribution in [0.3, 0.4) is 0 Å². The van der Waals surface area contributed by atoms with Crippen LogP contribution in [0.1, 0.15) is 0 Å². The summed E-state index contributed by atoms with van der Waals surface area (Å²) in [4.78, 5) is 11.5. The second kappa shape index (κ2) is 8.72. The Hall–Kier alpha value is -3.63. The highest BCUT2D eigenvalue weighted by Gasteiger charge is 2.13. The van der Waals surface area contributed by atoms with E-state index < -0.39 is 10.0 Å². The summed E-state index contributed by atoms with van der Waals surface area (Å²) in [6, 6.07) is 15.3. The average Bonchev–Trinajstić information content (AvgIpc) is 3.29. The maximum atomic E-state index is 11.5. The van der Waals surface area contributed by atoms with Crippen LogP contribution < -0.4 is 14.9 Å². The number of morpholine rings is 1. The van der Waals surface area contributed by atoms with Gasteiger partial charge in [-0.15, -0.1) is 0 Å². The predicted octanol–water partition coefficient (Wildman–Crippen LogP) is 3.35. The molecule has 9 nitrogen and oxygen atoms in total. The van der Waals surface area contributed by atoms with Crippen molar-refractivity contribution in [2.24, 2.45) is 0 Å². The molecule has 0 unspecified atom stereocenters. The van der Waals surface area contributed by atoms with Crippen molar-refractivity contribution in [3.63, 3.8) is 0 Å². The Balaban J connectivity index is 1.41. The molecule has 0 aliphatic carbocycles. The number of hydrogen-bond donors (Lipinski definition) is 2. The van der Waals surface area contributed by atoms with Crippen LogP contribution in [0.4, 0.5) is 22.9 Å². The molecule has 1 fully saturated rings. The first kappa shape index (κ1) is 21.2. The molecule has 0 atom stereocenters. The van der Waals surface area contributed by atoms with Crippen LogP contribution in [0.2, 0.25) is 0 Å². The van der Waals surface area contributed by atoms with E-state index in [1.807, 2.05) is 41.1 Å². The van der Waals surface area contributed by atoms with E-state index >= 15 is 0 Å². The van der Waals surface area contributed by atoms with Gasteiger partial charge in [0.15, 0.2) is 11.5 Å². The minimum atomic E-state index is -3.32. The van der Waals surface area contributed by atoms with Gasteiger partial charge in [-0.3, -0.25) is 4.72 Å². The van der Waals surface area contributed by atoms with Crippen molar-refractivity contribution in [1.29, 1.82) is 0 Å². The summed E-state index contributed by atoms with van der Waals surface area (Å²) >= 11 is 0. The molecule has 0 spiro atoms. The van der Waals surface area contributed by atoms with Gasteiger partial charge in [0.2, 0.25) is 10.0 Å². The van der Waals surface area contributed by atoms with E-state index in [1.165, 1.54) is 5.69 Å². The van der Waals surface area contributed by atoms with Crippen LogP contribution >= 0.6 is 0 Å². The summed E-state index contributed by atoms with van der Waals surface area (Å²) in [5.41, 5.74) is 4.89. The number of anilines is 4. The number of nitrogens with zero attached hydrogens (tertiary/aromatic N) is 4. The molecule has 170 valence electrons. The van der Waals surface area contributed by atoms with Crippen molar-refractivity contribution in [2.75, 3.05) is 47.5 Å². The number of hydrogen-bond acceptors (Lipinski definition) is 7. The molecule has 0 amide bonds. The maximum absolute atomic E-state index is 11.5. The Morgan fingerprint density at radius 1 is 0.970 bits per heavy atom. The smallest absolute Gasteiger partial charge is 0.229 e. The fraction of sp³-hybridized carbons (Fsp3) is 0.217. The summed E-state index contributed by atoms with van der Waals surface area (Å²) in [7, 11) is -3.32. The summed E-state index contributed by atoms with van der Waals surface area (Å²) in [5, 5.41) is 3.39. The molecule has 5 rings (SSSR count). The summed E-state index contributed by atoms with van der Waals surface area (Å²) in [5.74, 6) is 0.634. The van der Waals surface area contributed by atoms with Gasteiger partial charge in [-0.1, -0.05) is 12.1 Å². The van der Waals surface area contributed by atoms with Crippen LogP contribution in [-0.4, -0.2) is 55.3 Å². The van der Waals surface area contributed by atoms with Crippen LogP contribution in [0.15, 0.2) is 67.1 Å². The molecule has 1 aliphatic rings. The van der Waals surface area contributed by atoms with Crippen LogP contribution in [0.25, 0.3) is 16.9 Å². The van der Waals surface area contributed by atoms with Gasteiger partial charge in [-0.25, -0.2) is 18.4 Å². The zero-order valence-corrected chi connectivity index (χ0v) is 18.9. The third kappa shape index (κ3) is 4.91. The standard InChI is InChI=1S/C23H24N6O3S/c1-33(30,31)27-19-4-2-17(3-5-19)21-16-29-11-10-24-23(29)22(26-21)25-18-6-8-20(9-7-18)28-12-14-32-15-13-28/h2-11,16,27H,12-15H2,1H3,(H,25,26). The first-order valence-electron chi connectivity index (χ1n) is 10.6. The number of nitrogens with one attached hydrogen (secondary N) is 2. The molecule has 2 aromatic heterocycles. The van der Waals surface area contributed by atoms with E-state index in [0.717, 1.165) is 49.5 Å². The number of benzene rings is 2. The Labute approximate surface area is 192 Å². The third-order valence-electron chi connectivity index (χ3n) is 5.36. The number of rotatable bonds is 6. The monoisotopic (exact) mass is 464 g/mol. The summed E-state index contributed by atoms with van der Waals surface area (Å²) in [6.45, 7) is 3.28. The first-order valence-corrected chi connectivity index (χ1v) is 12.5. The molecule has 2 N–H and O–H groups in total. The number of ether oxygens (including phenoxy) is 1. The summed E-state index contributed by atoms with van der Waals surface area (Å²) < 4.78 is 32.7. The Bertz CT molecular complexity index is 1360. The second-order valence-electron chi connectivity index (χ2n) is 7.86. The molecule has 33 heavy (non-hydrogen) atoms. The Morgan fingerprint density at radius 2 is 1.67 bits per heavy atom. The highest BCUT2D eigenvalue weighted by molar-refractivity contribution is 7.92. The van der Waals surface area contributed by atoms with Crippen molar-refractivity contribution < 1.29 is 13.2 Å². The van der Waals surface area contributed by atoms with Crippen LogP contribution in [0, 0.1) is 0 Å². The maximum Gasteiger partial charge on any atom is 0.229 e.